The standard InChI is InChI=1S/C23H17NOS/c1-2-13-24-20-11-6-4-9-17(20)22(25)23(24)15-18(21-12-7-14-26-21)16-8-3-5-10-19(16)23/h2-12,14-15H,1,13H2. The predicted octanol–water partition coefficient (Wildman–Crippen LogP) is 5.28. The molecule has 5 rings (SSSR count). The molecule has 1 atom stereocenters. The van der Waals surface area contributed by atoms with E-state index in [0.29, 0.717) is 6.54 Å². The van der Waals surface area contributed by atoms with Gasteiger partial charge in [0.05, 0.1) is 0 Å². The predicted molar refractivity (Wildman–Crippen MR) is 108 cm³/mol. The van der Waals surface area contributed by atoms with Crippen molar-refractivity contribution in [3.63, 3.8) is 0 Å². The van der Waals surface area contributed by atoms with E-state index >= 15 is 0 Å². The molecule has 2 heterocycles. The van der Waals surface area contributed by atoms with Crippen LogP contribution in [0.2, 0.25) is 0 Å². The molecule has 126 valence electrons. The van der Waals surface area contributed by atoms with Gasteiger partial charge in [-0.3, -0.25) is 4.79 Å². The lowest BCUT2D eigenvalue weighted by molar-refractivity contribution is 0.0933. The number of benzene rings is 2. The molecule has 0 bridgehead atoms. The lowest BCUT2D eigenvalue weighted by Gasteiger charge is -2.34. The van der Waals surface area contributed by atoms with Gasteiger partial charge in [0, 0.05) is 22.7 Å². The minimum atomic E-state index is -0.784. The highest BCUT2D eigenvalue weighted by molar-refractivity contribution is 7.11. The Hall–Kier alpha value is -2.91. The summed E-state index contributed by atoms with van der Waals surface area (Å²) in [6, 6.07) is 20.4. The Morgan fingerprint density at radius 2 is 1.77 bits per heavy atom. The lowest BCUT2D eigenvalue weighted by Crippen LogP contribution is -2.45. The van der Waals surface area contributed by atoms with Crippen LogP contribution in [-0.4, -0.2) is 12.3 Å². The van der Waals surface area contributed by atoms with Gasteiger partial charge in [-0.15, -0.1) is 17.9 Å². The number of anilines is 1. The van der Waals surface area contributed by atoms with E-state index in [0.717, 1.165) is 28.0 Å². The van der Waals surface area contributed by atoms with Crippen molar-refractivity contribution >= 4 is 28.4 Å². The third-order valence-electron chi connectivity index (χ3n) is 5.29. The van der Waals surface area contributed by atoms with E-state index in [9.17, 15) is 4.79 Å². The number of nitrogens with zero attached hydrogens (tertiary/aromatic N) is 1. The summed E-state index contributed by atoms with van der Waals surface area (Å²) in [5.41, 5.74) is 4.33. The van der Waals surface area contributed by atoms with Crippen molar-refractivity contribution in [3.8, 4) is 0 Å². The van der Waals surface area contributed by atoms with Gasteiger partial charge < -0.3 is 4.90 Å². The van der Waals surface area contributed by atoms with Crippen LogP contribution in [0.15, 0.2) is 84.8 Å². The fourth-order valence-corrected chi connectivity index (χ4v) is 5.01. The Labute approximate surface area is 156 Å². The number of rotatable bonds is 3. The van der Waals surface area contributed by atoms with Crippen molar-refractivity contribution < 1.29 is 4.79 Å². The van der Waals surface area contributed by atoms with Crippen LogP contribution in [0.4, 0.5) is 5.69 Å². The zero-order chi connectivity index (χ0) is 17.7. The van der Waals surface area contributed by atoms with Gasteiger partial charge in [-0.2, -0.15) is 0 Å². The van der Waals surface area contributed by atoms with Crippen LogP contribution in [0.5, 0.6) is 0 Å². The van der Waals surface area contributed by atoms with Crippen molar-refractivity contribution in [3.05, 3.63) is 106 Å². The van der Waals surface area contributed by atoms with E-state index in [-0.39, 0.29) is 5.78 Å². The van der Waals surface area contributed by atoms with Crippen molar-refractivity contribution in [2.45, 2.75) is 5.54 Å². The van der Waals surface area contributed by atoms with E-state index < -0.39 is 5.54 Å². The van der Waals surface area contributed by atoms with Gasteiger partial charge in [-0.25, -0.2) is 0 Å². The number of Topliss-reactive ketones (excluding diaryl/α,β-unsaturated/α-hetero) is 1. The van der Waals surface area contributed by atoms with Crippen molar-refractivity contribution in [1.82, 2.24) is 0 Å². The number of hydrogen-bond donors (Lipinski definition) is 0. The van der Waals surface area contributed by atoms with Gasteiger partial charge in [-0.1, -0.05) is 48.5 Å². The van der Waals surface area contributed by atoms with Gasteiger partial charge in [0.1, 0.15) is 5.54 Å². The summed E-state index contributed by atoms with van der Waals surface area (Å²) >= 11 is 1.71. The number of carbonyl (C=O) groups excluding carboxylic acids is 1. The highest BCUT2D eigenvalue weighted by Gasteiger charge is 2.54. The second-order valence-electron chi connectivity index (χ2n) is 6.59. The molecule has 3 aromatic rings. The Bertz CT molecular complexity index is 1060. The molecule has 1 spiro atoms. The van der Waals surface area contributed by atoms with Gasteiger partial charge >= 0.3 is 0 Å². The third kappa shape index (κ3) is 1.84. The van der Waals surface area contributed by atoms with Gasteiger partial charge in [0.15, 0.2) is 5.78 Å². The van der Waals surface area contributed by atoms with Crippen LogP contribution in [0.3, 0.4) is 0 Å². The molecule has 1 unspecified atom stereocenters. The molecule has 0 N–H and O–H groups in total. The number of para-hydroxylation sites is 1. The van der Waals surface area contributed by atoms with Crippen LogP contribution < -0.4 is 4.90 Å². The summed E-state index contributed by atoms with van der Waals surface area (Å²) in [5.74, 6) is 0.147. The summed E-state index contributed by atoms with van der Waals surface area (Å²) in [7, 11) is 0. The van der Waals surface area contributed by atoms with Crippen LogP contribution in [-0.2, 0) is 5.54 Å². The molecule has 2 aromatic carbocycles. The smallest absolute Gasteiger partial charge is 0.199 e. The van der Waals surface area contributed by atoms with Crippen LogP contribution in [0.25, 0.3) is 5.57 Å². The average Bonchev–Trinajstić information content (AvgIpc) is 3.37. The quantitative estimate of drug-likeness (QED) is 0.596. The van der Waals surface area contributed by atoms with Crippen molar-refractivity contribution in [2.24, 2.45) is 0 Å². The van der Waals surface area contributed by atoms with Crippen LogP contribution in [0, 0.1) is 0 Å². The van der Waals surface area contributed by atoms with E-state index in [2.05, 4.69) is 47.2 Å². The monoisotopic (exact) mass is 355 g/mol. The van der Waals surface area contributed by atoms with E-state index in [1.54, 1.807) is 11.3 Å². The third-order valence-corrected chi connectivity index (χ3v) is 6.19. The largest absolute Gasteiger partial charge is 0.347 e. The maximum Gasteiger partial charge on any atom is 0.199 e. The summed E-state index contributed by atoms with van der Waals surface area (Å²) in [5, 5.41) is 2.08. The molecule has 2 aliphatic rings. The molecule has 0 saturated heterocycles. The Balaban J connectivity index is 1.83. The first-order chi connectivity index (χ1) is 12.8. The Kier molecular flexibility index (Phi) is 3.28. The number of hydrogen-bond acceptors (Lipinski definition) is 3. The number of thiophene rings is 1. The van der Waals surface area contributed by atoms with Gasteiger partial charge in [0.25, 0.3) is 0 Å². The number of carbonyl (C=O) groups is 1. The lowest BCUT2D eigenvalue weighted by atomic mass is 9.86. The fraction of sp³-hybridized carbons (Fsp3) is 0.0870. The summed E-state index contributed by atoms with van der Waals surface area (Å²) < 4.78 is 0. The summed E-state index contributed by atoms with van der Waals surface area (Å²) in [4.78, 5) is 17.0. The normalized spacial score (nSPS) is 20.2. The van der Waals surface area contributed by atoms with Crippen molar-refractivity contribution in [1.29, 1.82) is 0 Å². The highest BCUT2D eigenvalue weighted by Crippen LogP contribution is 2.53. The molecule has 2 nitrogen and oxygen atoms in total. The molecule has 1 aliphatic heterocycles. The molecule has 1 aliphatic carbocycles. The number of ketones is 1. The molecule has 0 amide bonds. The number of fused-ring (bicyclic) bond motifs is 3. The fourth-order valence-electron chi connectivity index (χ4n) is 4.25. The topological polar surface area (TPSA) is 20.3 Å². The van der Waals surface area contributed by atoms with Gasteiger partial charge in [-0.05, 0) is 46.4 Å². The van der Waals surface area contributed by atoms with E-state index in [4.69, 9.17) is 0 Å². The molecule has 0 saturated carbocycles. The Morgan fingerprint density at radius 3 is 2.54 bits per heavy atom. The zero-order valence-corrected chi connectivity index (χ0v) is 15.0. The molecular formula is C23H17NOS. The van der Waals surface area contributed by atoms with Crippen LogP contribution >= 0.6 is 11.3 Å². The minimum Gasteiger partial charge on any atom is -0.347 e. The first-order valence-electron chi connectivity index (χ1n) is 8.66. The molecule has 26 heavy (non-hydrogen) atoms. The van der Waals surface area contributed by atoms with Gasteiger partial charge in [0.2, 0.25) is 0 Å². The molecular weight excluding hydrogens is 338 g/mol. The first kappa shape index (κ1) is 15.4. The van der Waals surface area contributed by atoms with E-state index in [1.807, 2.05) is 42.5 Å². The highest BCUT2D eigenvalue weighted by atomic mass is 32.1. The molecule has 3 heteroatoms. The molecule has 0 radical (unpaired) electrons. The Morgan fingerprint density at radius 1 is 1.00 bits per heavy atom. The average molecular weight is 355 g/mol. The molecule has 0 fully saturated rings. The summed E-state index contributed by atoms with van der Waals surface area (Å²) in [6.07, 6.45) is 4.03. The second-order valence-corrected chi connectivity index (χ2v) is 7.54. The second kappa shape index (κ2) is 5.55. The first-order valence-corrected chi connectivity index (χ1v) is 9.54. The summed E-state index contributed by atoms with van der Waals surface area (Å²) in [6.45, 7) is 4.55. The maximum absolute atomic E-state index is 13.7. The minimum absolute atomic E-state index is 0.147. The van der Waals surface area contributed by atoms with Crippen LogP contribution in [0.1, 0.15) is 26.4 Å². The zero-order valence-electron chi connectivity index (χ0n) is 14.2. The van der Waals surface area contributed by atoms with Crippen molar-refractivity contribution in [2.75, 3.05) is 11.4 Å². The SMILES string of the molecule is C=CCN1c2ccccc2C(=O)C12C=C(c1cccs1)c1ccccc12. The molecule has 1 aromatic heterocycles. The maximum atomic E-state index is 13.7. The van der Waals surface area contributed by atoms with E-state index in [1.165, 1.54) is 4.88 Å².